The zero-order valence-electron chi connectivity index (χ0n) is 10.4. The van der Waals surface area contributed by atoms with Crippen LogP contribution in [0.25, 0.3) is 0 Å². The first kappa shape index (κ1) is 15.3. The molecule has 0 unspecified atom stereocenters. The Balaban J connectivity index is 2.36. The summed E-state index contributed by atoms with van der Waals surface area (Å²) in [4.78, 5) is 3.98. The molecule has 0 aliphatic heterocycles. The molecule has 1 aromatic carbocycles. The number of benzene rings is 1. The van der Waals surface area contributed by atoms with Gasteiger partial charge in [0, 0.05) is 16.8 Å². The van der Waals surface area contributed by atoms with Crippen LogP contribution < -0.4 is 10.0 Å². The molecule has 8 heteroatoms. The normalized spacial score (nSPS) is 11.2. The molecule has 20 heavy (non-hydrogen) atoms. The van der Waals surface area contributed by atoms with Crippen LogP contribution >= 0.6 is 34.2 Å². The third kappa shape index (κ3) is 3.33. The highest BCUT2D eigenvalue weighted by Gasteiger charge is 2.17. The van der Waals surface area contributed by atoms with Crippen molar-refractivity contribution in [3.8, 4) is 0 Å². The van der Waals surface area contributed by atoms with Gasteiger partial charge in [-0.25, -0.2) is 13.4 Å². The van der Waals surface area contributed by atoms with E-state index in [1.54, 1.807) is 19.2 Å². The van der Waals surface area contributed by atoms with Crippen molar-refractivity contribution in [3.63, 3.8) is 0 Å². The molecule has 0 radical (unpaired) electrons. The number of halogens is 2. The number of hydrogen-bond acceptors (Lipinski definition) is 4. The van der Waals surface area contributed by atoms with E-state index in [2.05, 4.69) is 37.6 Å². The summed E-state index contributed by atoms with van der Waals surface area (Å²) in [5, 5.41) is 3.02. The molecule has 1 aromatic heterocycles. The van der Waals surface area contributed by atoms with Gasteiger partial charge in [0.1, 0.15) is 10.7 Å². The van der Waals surface area contributed by atoms with Crippen molar-refractivity contribution in [2.45, 2.75) is 4.90 Å². The summed E-state index contributed by atoms with van der Waals surface area (Å²) >= 11 is 8.01. The highest BCUT2D eigenvalue weighted by Crippen LogP contribution is 2.25. The van der Waals surface area contributed by atoms with Crippen LogP contribution in [0.2, 0.25) is 5.02 Å². The molecule has 0 aliphatic carbocycles. The topological polar surface area (TPSA) is 71.1 Å². The zero-order valence-corrected chi connectivity index (χ0v) is 14.1. The van der Waals surface area contributed by atoms with Gasteiger partial charge in [-0.05, 0) is 40.8 Å². The second-order valence-corrected chi connectivity index (χ2v) is 7.09. The first-order valence-corrected chi connectivity index (χ1v) is 8.48. The summed E-state index contributed by atoms with van der Waals surface area (Å²) in [6.07, 6.45) is 1.26. The minimum absolute atomic E-state index is 0.0150. The molecule has 2 aromatic rings. The molecular weight excluding hydrogens is 413 g/mol. The minimum Gasteiger partial charge on any atom is -0.372 e. The van der Waals surface area contributed by atoms with Crippen LogP contribution in [0.4, 0.5) is 11.5 Å². The fraction of sp³-hybridized carbons (Fsp3) is 0.0833. The van der Waals surface area contributed by atoms with Crippen LogP contribution in [0.5, 0.6) is 0 Å². The smallest absolute Gasteiger partial charge is 0.263 e. The second-order valence-electron chi connectivity index (χ2n) is 3.84. The van der Waals surface area contributed by atoms with Gasteiger partial charge < -0.3 is 5.32 Å². The zero-order chi connectivity index (χ0) is 14.8. The lowest BCUT2D eigenvalue weighted by molar-refractivity contribution is 0.601. The molecule has 5 nitrogen and oxygen atoms in total. The van der Waals surface area contributed by atoms with Crippen molar-refractivity contribution in [1.29, 1.82) is 0 Å². The molecule has 2 N–H and O–H groups in total. The number of aromatic nitrogens is 1. The predicted octanol–water partition coefficient (Wildman–Crippen LogP) is 3.18. The van der Waals surface area contributed by atoms with E-state index in [1.807, 2.05) is 12.1 Å². The fourth-order valence-corrected chi connectivity index (χ4v) is 3.58. The number of rotatable bonds is 4. The van der Waals surface area contributed by atoms with E-state index in [0.29, 0.717) is 11.5 Å². The molecule has 0 spiro atoms. The highest BCUT2D eigenvalue weighted by atomic mass is 127. The lowest BCUT2D eigenvalue weighted by atomic mass is 10.3. The molecular formula is C12H11ClIN3O2S. The molecule has 1 heterocycles. The van der Waals surface area contributed by atoms with Crippen molar-refractivity contribution in [3.05, 3.63) is 45.1 Å². The number of anilines is 2. The van der Waals surface area contributed by atoms with E-state index in [1.165, 1.54) is 12.3 Å². The third-order valence-corrected chi connectivity index (χ3v) is 5.04. The van der Waals surface area contributed by atoms with Gasteiger partial charge in [0.05, 0.1) is 10.7 Å². The molecule has 0 amide bonds. The Kier molecular flexibility index (Phi) is 4.71. The average molecular weight is 424 g/mol. The highest BCUT2D eigenvalue weighted by molar-refractivity contribution is 14.1. The number of hydrogen-bond donors (Lipinski definition) is 2. The standard InChI is InChI=1S/C12H11ClIN3O2S/c1-15-12-9(13)6-8(7-16-12)20(18,19)17-11-5-3-2-4-10(11)14/h2-7,17H,1H3,(H,15,16). The maximum atomic E-state index is 12.3. The van der Waals surface area contributed by atoms with Crippen LogP contribution in [0.15, 0.2) is 41.4 Å². The predicted molar refractivity (Wildman–Crippen MR) is 88.8 cm³/mol. The van der Waals surface area contributed by atoms with E-state index in [9.17, 15) is 8.42 Å². The Bertz CT molecular complexity index is 737. The molecule has 0 bridgehead atoms. The summed E-state index contributed by atoms with van der Waals surface area (Å²) in [6.45, 7) is 0. The van der Waals surface area contributed by atoms with E-state index < -0.39 is 10.0 Å². The number of nitrogens with one attached hydrogen (secondary N) is 2. The summed E-state index contributed by atoms with van der Waals surface area (Å²) in [7, 11) is -2.05. The van der Waals surface area contributed by atoms with E-state index in [4.69, 9.17) is 11.6 Å². The quantitative estimate of drug-likeness (QED) is 0.741. The number of para-hydroxylation sites is 1. The Morgan fingerprint density at radius 2 is 2.00 bits per heavy atom. The van der Waals surface area contributed by atoms with Gasteiger partial charge in [-0.3, -0.25) is 4.72 Å². The van der Waals surface area contributed by atoms with Crippen molar-refractivity contribution in [1.82, 2.24) is 4.98 Å². The third-order valence-electron chi connectivity index (χ3n) is 2.48. The second kappa shape index (κ2) is 6.15. The van der Waals surface area contributed by atoms with E-state index >= 15 is 0 Å². The largest absolute Gasteiger partial charge is 0.372 e. The fourth-order valence-electron chi connectivity index (χ4n) is 1.50. The van der Waals surface area contributed by atoms with Gasteiger partial charge in [0.25, 0.3) is 10.0 Å². The Morgan fingerprint density at radius 3 is 2.60 bits per heavy atom. The molecule has 0 atom stereocenters. The van der Waals surface area contributed by atoms with Crippen LogP contribution in [0.3, 0.4) is 0 Å². The van der Waals surface area contributed by atoms with Crippen molar-refractivity contribution in [2.75, 3.05) is 17.1 Å². The summed E-state index contributed by atoms with van der Waals surface area (Å²) in [5.41, 5.74) is 0.516. The summed E-state index contributed by atoms with van der Waals surface area (Å²) < 4.78 is 27.9. The van der Waals surface area contributed by atoms with Gasteiger partial charge in [0.2, 0.25) is 0 Å². The van der Waals surface area contributed by atoms with Crippen LogP contribution in [-0.2, 0) is 10.0 Å². The maximum absolute atomic E-state index is 12.3. The van der Waals surface area contributed by atoms with Crippen molar-refractivity contribution in [2.24, 2.45) is 0 Å². The number of pyridine rings is 1. The minimum atomic E-state index is -3.71. The Hall–Kier alpha value is -1.06. The average Bonchev–Trinajstić information content (AvgIpc) is 2.41. The SMILES string of the molecule is CNc1ncc(S(=O)(=O)Nc2ccccc2I)cc1Cl. The molecule has 0 saturated heterocycles. The summed E-state index contributed by atoms with van der Waals surface area (Å²) in [5.74, 6) is 0.430. The first-order valence-electron chi connectivity index (χ1n) is 5.54. The monoisotopic (exact) mass is 423 g/mol. The van der Waals surface area contributed by atoms with Crippen molar-refractivity contribution < 1.29 is 8.42 Å². The van der Waals surface area contributed by atoms with Crippen molar-refractivity contribution >= 4 is 55.7 Å². The molecule has 0 saturated carbocycles. The van der Waals surface area contributed by atoms with Crippen LogP contribution in [0, 0.1) is 3.57 Å². The molecule has 106 valence electrons. The van der Waals surface area contributed by atoms with Gasteiger partial charge in [0.15, 0.2) is 0 Å². The maximum Gasteiger partial charge on any atom is 0.263 e. The molecule has 0 aliphatic rings. The van der Waals surface area contributed by atoms with Crippen LogP contribution in [-0.4, -0.2) is 20.4 Å². The Labute approximate surface area is 135 Å². The van der Waals surface area contributed by atoms with E-state index in [-0.39, 0.29) is 9.92 Å². The van der Waals surface area contributed by atoms with Gasteiger partial charge in [-0.2, -0.15) is 0 Å². The number of sulfonamides is 1. The van der Waals surface area contributed by atoms with Gasteiger partial charge in [-0.1, -0.05) is 23.7 Å². The Morgan fingerprint density at radius 1 is 1.30 bits per heavy atom. The van der Waals surface area contributed by atoms with Crippen LogP contribution in [0.1, 0.15) is 0 Å². The first-order chi connectivity index (χ1) is 9.44. The van der Waals surface area contributed by atoms with Gasteiger partial charge >= 0.3 is 0 Å². The summed E-state index contributed by atoms with van der Waals surface area (Å²) in [6, 6.07) is 8.46. The molecule has 0 fully saturated rings. The van der Waals surface area contributed by atoms with Gasteiger partial charge in [-0.15, -0.1) is 0 Å². The molecule has 2 rings (SSSR count). The van der Waals surface area contributed by atoms with E-state index in [0.717, 1.165) is 3.57 Å². The lowest BCUT2D eigenvalue weighted by Gasteiger charge is -2.10. The lowest BCUT2D eigenvalue weighted by Crippen LogP contribution is -2.14. The number of nitrogens with zero attached hydrogens (tertiary/aromatic N) is 1.